The van der Waals surface area contributed by atoms with Crippen LogP contribution in [-0.4, -0.2) is 47.7 Å². The van der Waals surface area contributed by atoms with Crippen molar-refractivity contribution < 1.29 is 4.79 Å². The molecule has 1 saturated heterocycles. The fraction of sp³-hybridized carbons (Fsp3) is 0.294. The van der Waals surface area contributed by atoms with Crippen LogP contribution in [0.1, 0.15) is 0 Å². The highest BCUT2D eigenvalue weighted by atomic mass is 79.9. The third kappa shape index (κ3) is 4.43. The van der Waals surface area contributed by atoms with Gasteiger partial charge in [0, 0.05) is 41.7 Å². The summed E-state index contributed by atoms with van der Waals surface area (Å²) in [6.07, 6.45) is 1.80. The van der Waals surface area contributed by atoms with Gasteiger partial charge in [0.25, 0.3) is 0 Å². The predicted molar refractivity (Wildman–Crippen MR) is 103 cm³/mol. The Morgan fingerprint density at radius 1 is 1.17 bits per heavy atom. The van der Waals surface area contributed by atoms with Gasteiger partial charge >= 0.3 is 0 Å². The van der Waals surface area contributed by atoms with Crippen molar-refractivity contribution in [3.05, 3.63) is 52.1 Å². The van der Waals surface area contributed by atoms with Crippen LogP contribution >= 0.6 is 39.3 Å². The van der Waals surface area contributed by atoms with Crippen molar-refractivity contribution in [1.29, 1.82) is 0 Å². The third-order valence-corrected chi connectivity index (χ3v) is 5.82. The zero-order chi connectivity index (χ0) is 16.9. The number of piperazine rings is 1. The standard InChI is InChI=1S/C17H17BrClN3OS/c18-13-5-6-16(20-11-13)21-7-9-22(10-8-21)17(23)12-24-15-4-2-1-3-14(15)19/h1-6,11H,7-10,12H2. The number of hydrogen-bond donors (Lipinski definition) is 0. The first-order valence-corrected chi connectivity index (χ1v) is 9.81. The van der Waals surface area contributed by atoms with E-state index in [0.717, 1.165) is 41.4 Å². The van der Waals surface area contributed by atoms with Gasteiger partial charge in [0.15, 0.2) is 0 Å². The average molecular weight is 427 g/mol. The number of anilines is 1. The molecule has 126 valence electrons. The molecule has 0 atom stereocenters. The van der Waals surface area contributed by atoms with E-state index in [9.17, 15) is 4.79 Å². The van der Waals surface area contributed by atoms with Gasteiger partial charge in [0.05, 0.1) is 10.8 Å². The van der Waals surface area contributed by atoms with Crippen molar-refractivity contribution in [2.24, 2.45) is 0 Å². The number of aromatic nitrogens is 1. The Bertz CT molecular complexity index is 705. The highest BCUT2D eigenvalue weighted by molar-refractivity contribution is 9.10. The molecule has 0 N–H and O–H groups in total. The molecule has 7 heteroatoms. The lowest BCUT2D eigenvalue weighted by Crippen LogP contribution is -2.49. The summed E-state index contributed by atoms with van der Waals surface area (Å²) < 4.78 is 0.969. The van der Waals surface area contributed by atoms with Gasteiger partial charge in [-0.05, 0) is 40.2 Å². The SMILES string of the molecule is O=C(CSc1ccccc1Cl)N1CCN(c2ccc(Br)cn2)CC1. The summed E-state index contributed by atoms with van der Waals surface area (Å²) in [5.41, 5.74) is 0. The Labute approximate surface area is 159 Å². The summed E-state index contributed by atoms with van der Waals surface area (Å²) in [7, 11) is 0. The molecule has 4 nitrogen and oxygen atoms in total. The molecule has 0 aliphatic carbocycles. The smallest absolute Gasteiger partial charge is 0.233 e. The van der Waals surface area contributed by atoms with E-state index < -0.39 is 0 Å². The van der Waals surface area contributed by atoms with Gasteiger partial charge in [0.2, 0.25) is 5.91 Å². The van der Waals surface area contributed by atoms with Crippen LogP contribution in [0.5, 0.6) is 0 Å². The largest absolute Gasteiger partial charge is 0.353 e. The van der Waals surface area contributed by atoms with Crippen LogP contribution in [0.3, 0.4) is 0 Å². The summed E-state index contributed by atoms with van der Waals surface area (Å²) in [6, 6.07) is 11.6. The highest BCUT2D eigenvalue weighted by Crippen LogP contribution is 2.27. The zero-order valence-electron chi connectivity index (χ0n) is 13.0. The number of benzene rings is 1. The second-order valence-electron chi connectivity index (χ2n) is 5.42. The quantitative estimate of drug-likeness (QED) is 0.694. The number of halogens is 2. The lowest BCUT2D eigenvalue weighted by Gasteiger charge is -2.35. The first-order chi connectivity index (χ1) is 11.6. The molecule has 1 aromatic heterocycles. The van der Waals surface area contributed by atoms with Gasteiger partial charge in [-0.1, -0.05) is 23.7 Å². The number of thioether (sulfide) groups is 1. The van der Waals surface area contributed by atoms with Crippen LogP contribution in [0.15, 0.2) is 52.0 Å². The Morgan fingerprint density at radius 2 is 1.92 bits per heavy atom. The molecule has 1 aromatic carbocycles. The molecule has 24 heavy (non-hydrogen) atoms. The number of nitrogens with zero attached hydrogens (tertiary/aromatic N) is 3. The fourth-order valence-electron chi connectivity index (χ4n) is 2.53. The van der Waals surface area contributed by atoms with E-state index in [0.29, 0.717) is 10.8 Å². The van der Waals surface area contributed by atoms with Crippen LogP contribution in [0.4, 0.5) is 5.82 Å². The molecule has 1 amide bonds. The van der Waals surface area contributed by atoms with Gasteiger partial charge in [-0.2, -0.15) is 0 Å². The lowest BCUT2D eigenvalue weighted by molar-refractivity contribution is -0.128. The lowest BCUT2D eigenvalue weighted by atomic mass is 10.3. The van der Waals surface area contributed by atoms with Gasteiger partial charge < -0.3 is 9.80 Å². The number of rotatable bonds is 4. The molecule has 1 aliphatic rings. The highest BCUT2D eigenvalue weighted by Gasteiger charge is 2.22. The molecule has 0 radical (unpaired) electrons. The zero-order valence-corrected chi connectivity index (χ0v) is 16.1. The van der Waals surface area contributed by atoms with Crippen molar-refractivity contribution >= 4 is 51.0 Å². The monoisotopic (exact) mass is 425 g/mol. The number of amides is 1. The van der Waals surface area contributed by atoms with Gasteiger partial charge in [0.1, 0.15) is 5.82 Å². The second-order valence-corrected chi connectivity index (χ2v) is 7.76. The van der Waals surface area contributed by atoms with Gasteiger partial charge in [-0.25, -0.2) is 4.98 Å². The third-order valence-electron chi connectivity index (χ3n) is 3.86. The van der Waals surface area contributed by atoms with E-state index in [1.54, 1.807) is 6.20 Å². The van der Waals surface area contributed by atoms with E-state index in [4.69, 9.17) is 11.6 Å². The van der Waals surface area contributed by atoms with Crippen molar-refractivity contribution in [2.45, 2.75) is 4.90 Å². The molecule has 2 aromatic rings. The van der Waals surface area contributed by atoms with Crippen molar-refractivity contribution in [2.75, 3.05) is 36.8 Å². The summed E-state index contributed by atoms with van der Waals surface area (Å²) >= 11 is 11.0. The van der Waals surface area contributed by atoms with Crippen molar-refractivity contribution in [3.8, 4) is 0 Å². The topological polar surface area (TPSA) is 36.4 Å². The molecule has 0 spiro atoms. The van der Waals surface area contributed by atoms with Crippen molar-refractivity contribution in [1.82, 2.24) is 9.88 Å². The Balaban J connectivity index is 1.50. The Kier molecular flexibility index (Phi) is 6.03. The van der Waals surface area contributed by atoms with Crippen LogP contribution < -0.4 is 4.90 Å². The average Bonchev–Trinajstić information content (AvgIpc) is 2.62. The van der Waals surface area contributed by atoms with Crippen LogP contribution in [0, 0.1) is 0 Å². The minimum atomic E-state index is 0.156. The molecule has 2 heterocycles. The molecule has 1 fully saturated rings. The molecule has 0 unspecified atom stereocenters. The molecular weight excluding hydrogens is 410 g/mol. The van der Waals surface area contributed by atoms with Gasteiger partial charge in [-0.3, -0.25) is 4.79 Å². The maximum atomic E-state index is 12.4. The van der Waals surface area contributed by atoms with Crippen LogP contribution in [-0.2, 0) is 4.79 Å². The van der Waals surface area contributed by atoms with Gasteiger partial charge in [-0.15, -0.1) is 11.8 Å². The normalized spacial score (nSPS) is 14.8. The number of carbonyl (C=O) groups is 1. The van der Waals surface area contributed by atoms with Crippen molar-refractivity contribution in [3.63, 3.8) is 0 Å². The van der Waals surface area contributed by atoms with E-state index >= 15 is 0 Å². The van der Waals surface area contributed by atoms with Crippen LogP contribution in [0.2, 0.25) is 5.02 Å². The first kappa shape index (κ1) is 17.6. The number of hydrogen-bond acceptors (Lipinski definition) is 4. The summed E-state index contributed by atoms with van der Waals surface area (Å²) in [4.78, 5) is 21.9. The Morgan fingerprint density at radius 3 is 2.58 bits per heavy atom. The Hall–Kier alpha value is -1.24. The van der Waals surface area contributed by atoms with E-state index in [2.05, 4.69) is 25.8 Å². The number of pyridine rings is 1. The number of carbonyl (C=O) groups excluding carboxylic acids is 1. The summed E-state index contributed by atoms with van der Waals surface area (Å²) in [5, 5.41) is 0.696. The molecule has 0 bridgehead atoms. The van der Waals surface area contributed by atoms with Crippen LogP contribution in [0.25, 0.3) is 0 Å². The summed E-state index contributed by atoms with van der Waals surface area (Å²) in [6.45, 7) is 3.05. The minimum absolute atomic E-state index is 0.156. The summed E-state index contributed by atoms with van der Waals surface area (Å²) in [5.74, 6) is 1.53. The van der Waals surface area contributed by atoms with E-state index in [1.807, 2.05) is 41.3 Å². The maximum Gasteiger partial charge on any atom is 0.233 e. The minimum Gasteiger partial charge on any atom is -0.353 e. The molecular formula is C17H17BrClN3OS. The molecule has 0 saturated carbocycles. The van der Waals surface area contributed by atoms with E-state index in [1.165, 1.54) is 11.8 Å². The second kappa shape index (κ2) is 8.23. The predicted octanol–water partition coefficient (Wildman–Crippen LogP) is 3.94. The van der Waals surface area contributed by atoms with E-state index in [-0.39, 0.29) is 5.91 Å². The maximum absolute atomic E-state index is 12.4. The fourth-order valence-corrected chi connectivity index (χ4v) is 3.91. The molecule has 1 aliphatic heterocycles. The first-order valence-electron chi connectivity index (χ1n) is 7.65. The molecule has 3 rings (SSSR count).